The van der Waals surface area contributed by atoms with Gasteiger partial charge in [0.05, 0.1) is 11.7 Å². The van der Waals surface area contributed by atoms with Crippen LogP contribution in [0.5, 0.6) is 0 Å². The lowest BCUT2D eigenvalue weighted by Gasteiger charge is -2.12. The van der Waals surface area contributed by atoms with Crippen molar-refractivity contribution in [1.29, 1.82) is 0 Å². The van der Waals surface area contributed by atoms with Crippen molar-refractivity contribution in [1.82, 2.24) is 9.78 Å². The number of rotatable bonds is 4. The van der Waals surface area contributed by atoms with Crippen molar-refractivity contribution < 1.29 is 0 Å². The van der Waals surface area contributed by atoms with Gasteiger partial charge >= 0.3 is 0 Å². The fourth-order valence-electron chi connectivity index (χ4n) is 3.48. The SMILES string of the molecule is CC1(C)CC1C(N)Cc1ccn(C2CCCC2)n1. The van der Waals surface area contributed by atoms with E-state index in [4.69, 9.17) is 10.8 Å². The van der Waals surface area contributed by atoms with E-state index in [0.717, 1.165) is 6.42 Å². The van der Waals surface area contributed by atoms with E-state index in [1.165, 1.54) is 37.8 Å². The van der Waals surface area contributed by atoms with E-state index in [-0.39, 0.29) is 6.04 Å². The van der Waals surface area contributed by atoms with Crippen LogP contribution in [0.25, 0.3) is 0 Å². The van der Waals surface area contributed by atoms with Crippen molar-refractivity contribution in [2.24, 2.45) is 17.1 Å². The Morgan fingerprint density at radius 3 is 2.72 bits per heavy atom. The molecule has 2 unspecified atom stereocenters. The zero-order chi connectivity index (χ0) is 12.8. The first-order valence-electron chi connectivity index (χ1n) is 7.36. The van der Waals surface area contributed by atoms with Gasteiger partial charge in [-0.15, -0.1) is 0 Å². The fraction of sp³-hybridized carbons (Fsp3) is 0.800. The highest BCUT2D eigenvalue weighted by Crippen LogP contribution is 2.53. The van der Waals surface area contributed by atoms with Gasteiger partial charge in [0.2, 0.25) is 0 Å². The number of nitrogens with two attached hydrogens (primary N) is 1. The van der Waals surface area contributed by atoms with Gasteiger partial charge in [0, 0.05) is 18.7 Å². The van der Waals surface area contributed by atoms with Crippen molar-refractivity contribution in [3.63, 3.8) is 0 Å². The summed E-state index contributed by atoms with van der Waals surface area (Å²) in [5.74, 6) is 0.689. The van der Waals surface area contributed by atoms with Gasteiger partial charge in [-0.25, -0.2) is 0 Å². The Bertz CT molecular complexity index is 415. The number of hydrogen-bond donors (Lipinski definition) is 1. The summed E-state index contributed by atoms with van der Waals surface area (Å²) in [6.07, 6.45) is 9.67. The molecule has 0 aromatic carbocycles. The average Bonchev–Trinajstić information content (AvgIpc) is 2.81. The third-order valence-corrected chi connectivity index (χ3v) is 4.91. The van der Waals surface area contributed by atoms with E-state index in [1.807, 2.05) is 0 Å². The van der Waals surface area contributed by atoms with E-state index in [0.29, 0.717) is 17.4 Å². The third-order valence-electron chi connectivity index (χ3n) is 4.91. The molecule has 18 heavy (non-hydrogen) atoms. The quantitative estimate of drug-likeness (QED) is 0.889. The van der Waals surface area contributed by atoms with Crippen molar-refractivity contribution in [3.05, 3.63) is 18.0 Å². The summed E-state index contributed by atoms with van der Waals surface area (Å²) in [6.45, 7) is 4.63. The van der Waals surface area contributed by atoms with Gasteiger partial charge in [-0.3, -0.25) is 4.68 Å². The molecule has 0 amide bonds. The Hall–Kier alpha value is -0.830. The first-order chi connectivity index (χ1) is 8.56. The topological polar surface area (TPSA) is 43.8 Å². The molecule has 3 nitrogen and oxygen atoms in total. The zero-order valence-corrected chi connectivity index (χ0v) is 11.6. The molecular weight excluding hydrogens is 222 g/mol. The minimum absolute atomic E-state index is 0.284. The standard InChI is InChI=1S/C15H25N3/c1-15(2)10-13(15)14(16)9-11-7-8-18(17-11)12-5-3-4-6-12/h7-8,12-14H,3-6,9-10,16H2,1-2H3. The second-order valence-corrected chi connectivity index (χ2v) is 6.89. The summed E-state index contributed by atoms with van der Waals surface area (Å²) in [4.78, 5) is 0. The molecule has 2 N–H and O–H groups in total. The Morgan fingerprint density at radius 1 is 1.44 bits per heavy atom. The molecule has 0 aliphatic heterocycles. The lowest BCUT2D eigenvalue weighted by Crippen LogP contribution is -2.27. The molecule has 1 aromatic heterocycles. The summed E-state index contributed by atoms with van der Waals surface area (Å²) < 4.78 is 2.17. The van der Waals surface area contributed by atoms with Crippen molar-refractivity contribution >= 4 is 0 Å². The van der Waals surface area contributed by atoms with Crippen LogP contribution < -0.4 is 5.73 Å². The highest BCUT2D eigenvalue weighted by Gasteiger charge is 2.48. The van der Waals surface area contributed by atoms with Gasteiger partial charge in [0.25, 0.3) is 0 Å². The Balaban J connectivity index is 1.60. The van der Waals surface area contributed by atoms with Crippen LogP contribution in [0.4, 0.5) is 0 Å². The predicted octanol–water partition coefficient (Wildman–Crippen LogP) is 2.91. The highest BCUT2D eigenvalue weighted by molar-refractivity contribution is 5.08. The van der Waals surface area contributed by atoms with Crippen LogP contribution in [0, 0.1) is 11.3 Å². The van der Waals surface area contributed by atoms with Gasteiger partial charge in [0.15, 0.2) is 0 Å². The second kappa shape index (κ2) is 4.37. The molecule has 3 heteroatoms. The molecule has 0 saturated heterocycles. The van der Waals surface area contributed by atoms with E-state index >= 15 is 0 Å². The first-order valence-corrected chi connectivity index (χ1v) is 7.36. The predicted molar refractivity (Wildman–Crippen MR) is 73.3 cm³/mol. The maximum absolute atomic E-state index is 6.30. The first kappa shape index (κ1) is 12.2. The van der Waals surface area contributed by atoms with Crippen LogP contribution in [0.15, 0.2) is 12.3 Å². The summed E-state index contributed by atoms with van der Waals surface area (Å²) in [5, 5.41) is 4.73. The molecule has 2 fully saturated rings. The van der Waals surface area contributed by atoms with E-state index in [9.17, 15) is 0 Å². The molecule has 1 heterocycles. The largest absolute Gasteiger partial charge is 0.327 e. The Morgan fingerprint density at radius 2 is 2.11 bits per heavy atom. The zero-order valence-electron chi connectivity index (χ0n) is 11.6. The molecule has 0 bridgehead atoms. The second-order valence-electron chi connectivity index (χ2n) is 6.89. The summed E-state index contributed by atoms with van der Waals surface area (Å²) in [5.41, 5.74) is 7.94. The van der Waals surface area contributed by atoms with Gasteiger partial charge in [-0.05, 0) is 36.7 Å². The molecule has 2 aliphatic carbocycles. The number of hydrogen-bond acceptors (Lipinski definition) is 2. The van der Waals surface area contributed by atoms with Crippen LogP contribution in [0.1, 0.15) is 57.7 Å². The summed E-state index contributed by atoms with van der Waals surface area (Å²) in [6, 6.07) is 3.09. The average molecular weight is 247 g/mol. The van der Waals surface area contributed by atoms with Crippen molar-refractivity contribution in [3.8, 4) is 0 Å². The van der Waals surface area contributed by atoms with Gasteiger partial charge in [-0.2, -0.15) is 5.10 Å². The normalized spacial score (nSPS) is 28.5. The van der Waals surface area contributed by atoms with E-state index in [1.54, 1.807) is 0 Å². The maximum Gasteiger partial charge on any atom is 0.0640 e. The Kier molecular flexibility index (Phi) is 2.97. The number of nitrogens with zero attached hydrogens (tertiary/aromatic N) is 2. The third kappa shape index (κ3) is 2.33. The molecule has 2 aliphatic rings. The smallest absolute Gasteiger partial charge is 0.0640 e. The molecule has 0 radical (unpaired) electrons. The molecule has 0 spiro atoms. The highest BCUT2D eigenvalue weighted by atomic mass is 15.3. The molecule has 2 atom stereocenters. The van der Waals surface area contributed by atoms with Crippen LogP contribution in [0.3, 0.4) is 0 Å². The van der Waals surface area contributed by atoms with Gasteiger partial charge in [-0.1, -0.05) is 26.7 Å². The Labute approximate surface area is 110 Å². The molecule has 2 saturated carbocycles. The minimum Gasteiger partial charge on any atom is -0.327 e. The maximum atomic E-state index is 6.30. The van der Waals surface area contributed by atoms with Crippen LogP contribution in [0.2, 0.25) is 0 Å². The van der Waals surface area contributed by atoms with Crippen LogP contribution >= 0.6 is 0 Å². The summed E-state index contributed by atoms with van der Waals surface area (Å²) in [7, 11) is 0. The lowest BCUT2D eigenvalue weighted by molar-refractivity contribution is 0.449. The molecule has 100 valence electrons. The number of aromatic nitrogens is 2. The van der Waals surface area contributed by atoms with Crippen LogP contribution in [-0.4, -0.2) is 15.8 Å². The summed E-state index contributed by atoms with van der Waals surface area (Å²) >= 11 is 0. The fourth-order valence-corrected chi connectivity index (χ4v) is 3.48. The minimum atomic E-state index is 0.284. The van der Waals surface area contributed by atoms with Gasteiger partial charge < -0.3 is 5.73 Å². The van der Waals surface area contributed by atoms with Crippen molar-refractivity contribution in [2.45, 2.75) is 64.5 Å². The molecule has 1 aromatic rings. The molecule has 3 rings (SSSR count). The van der Waals surface area contributed by atoms with Gasteiger partial charge in [0.1, 0.15) is 0 Å². The van der Waals surface area contributed by atoms with E-state index < -0.39 is 0 Å². The lowest BCUT2D eigenvalue weighted by atomic mass is 10.0. The van der Waals surface area contributed by atoms with Crippen molar-refractivity contribution in [2.75, 3.05) is 0 Å². The molecular formula is C15H25N3. The van der Waals surface area contributed by atoms with E-state index in [2.05, 4.69) is 30.8 Å². The monoisotopic (exact) mass is 247 g/mol. The van der Waals surface area contributed by atoms with Crippen LogP contribution in [-0.2, 0) is 6.42 Å².